The molecule has 1 heterocycles. The zero-order valence-corrected chi connectivity index (χ0v) is 11.6. The van der Waals surface area contributed by atoms with Gasteiger partial charge < -0.3 is 15.3 Å². The van der Waals surface area contributed by atoms with Crippen LogP contribution >= 0.6 is 0 Å². The van der Waals surface area contributed by atoms with E-state index in [9.17, 15) is 9.59 Å². The number of fused-ring (bicyclic) bond motifs is 1. The Labute approximate surface area is 121 Å². The van der Waals surface area contributed by atoms with E-state index in [1.165, 1.54) is 0 Å². The van der Waals surface area contributed by atoms with E-state index in [2.05, 4.69) is 15.3 Å². The van der Waals surface area contributed by atoms with Gasteiger partial charge in [-0.1, -0.05) is 24.3 Å². The van der Waals surface area contributed by atoms with Crippen molar-refractivity contribution in [1.82, 2.24) is 9.97 Å². The summed E-state index contributed by atoms with van der Waals surface area (Å²) in [7, 11) is 0. The second-order valence-corrected chi connectivity index (χ2v) is 5.00. The first-order valence-electron chi connectivity index (χ1n) is 6.68. The maximum Gasteiger partial charge on any atom is 0.323 e. The minimum Gasteiger partial charge on any atom is -0.326 e. The third-order valence-electron chi connectivity index (χ3n) is 3.36. The number of hydrogen-bond donors (Lipinski definition) is 3. The minimum atomic E-state index is -0.244. The maximum atomic E-state index is 12.1. The molecule has 3 aromatic rings. The number of nitrogens with one attached hydrogen (secondary N) is 3. The van der Waals surface area contributed by atoms with Crippen LogP contribution in [0.2, 0.25) is 0 Å². The fourth-order valence-corrected chi connectivity index (χ4v) is 2.28. The molecular weight excluding hydrogens is 266 g/mol. The number of H-pyrrole nitrogens is 2. The number of carbonyl (C=O) groups excluding carboxylic acids is 1. The number of aromatic amines is 2. The largest absolute Gasteiger partial charge is 0.326 e. The van der Waals surface area contributed by atoms with Gasteiger partial charge in [0.05, 0.1) is 17.5 Å². The van der Waals surface area contributed by atoms with Crippen LogP contribution in [0.15, 0.2) is 47.3 Å². The van der Waals surface area contributed by atoms with E-state index in [0.717, 1.165) is 22.3 Å². The summed E-state index contributed by atoms with van der Waals surface area (Å²) in [6, 6.07) is 13.1. The van der Waals surface area contributed by atoms with Gasteiger partial charge in [-0.3, -0.25) is 4.79 Å². The number of amides is 1. The van der Waals surface area contributed by atoms with E-state index < -0.39 is 0 Å². The summed E-state index contributed by atoms with van der Waals surface area (Å²) in [5.41, 5.74) is 3.90. The zero-order chi connectivity index (χ0) is 14.8. The predicted molar refractivity (Wildman–Crippen MR) is 82.4 cm³/mol. The third-order valence-corrected chi connectivity index (χ3v) is 3.36. The van der Waals surface area contributed by atoms with Crippen molar-refractivity contribution in [2.75, 3.05) is 5.32 Å². The van der Waals surface area contributed by atoms with Crippen molar-refractivity contribution in [3.63, 3.8) is 0 Å². The minimum absolute atomic E-state index is 0.0819. The Morgan fingerprint density at radius 3 is 2.67 bits per heavy atom. The summed E-state index contributed by atoms with van der Waals surface area (Å²) in [5.74, 6) is -0.0819. The molecule has 0 bridgehead atoms. The smallest absolute Gasteiger partial charge is 0.323 e. The van der Waals surface area contributed by atoms with E-state index in [1.54, 1.807) is 6.07 Å². The molecule has 0 aliphatic heterocycles. The number of benzene rings is 2. The quantitative estimate of drug-likeness (QED) is 0.689. The van der Waals surface area contributed by atoms with Crippen molar-refractivity contribution in [3.05, 3.63) is 64.1 Å². The average molecular weight is 281 g/mol. The van der Waals surface area contributed by atoms with E-state index in [4.69, 9.17) is 0 Å². The fourth-order valence-electron chi connectivity index (χ4n) is 2.28. The highest BCUT2D eigenvalue weighted by atomic mass is 16.1. The van der Waals surface area contributed by atoms with Gasteiger partial charge in [0.15, 0.2) is 0 Å². The highest BCUT2D eigenvalue weighted by molar-refractivity contribution is 5.93. The number of carbonyl (C=O) groups is 1. The maximum absolute atomic E-state index is 12.1. The number of rotatable bonds is 3. The molecule has 0 saturated carbocycles. The standard InChI is InChI=1S/C16H15N3O2/c1-10-4-2-3-5-12(10)17-15(20)9-11-6-7-13-14(8-11)19-16(21)18-13/h2-8H,9H2,1H3,(H,17,20)(H2,18,19,21). The van der Waals surface area contributed by atoms with Crippen LogP contribution in [0.3, 0.4) is 0 Å². The van der Waals surface area contributed by atoms with Crippen LogP contribution < -0.4 is 11.0 Å². The lowest BCUT2D eigenvalue weighted by atomic mass is 10.1. The molecule has 0 atom stereocenters. The topological polar surface area (TPSA) is 77.8 Å². The summed E-state index contributed by atoms with van der Waals surface area (Å²) >= 11 is 0. The van der Waals surface area contributed by atoms with Gasteiger partial charge in [0, 0.05) is 5.69 Å². The molecule has 5 heteroatoms. The molecule has 0 radical (unpaired) electrons. The van der Waals surface area contributed by atoms with Crippen LogP contribution in [0.25, 0.3) is 11.0 Å². The molecule has 106 valence electrons. The van der Waals surface area contributed by atoms with E-state index >= 15 is 0 Å². The molecule has 2 aromatic carbocycles. The van der Waals surface area contributed by atoms with Gasteiger partial charge in [-0.25, -0.2) is 4.79 Å². The van der Waals surface area contributed by atoms with Crippen molar-refractivity contribution in [2.24, 2.45) is 0 Å². The molecule has 0 saturated heterocycles. The van der Waals surface area contributed by atoms with Gasteiger partial charge in [-0.05, 0) is 36.2 Å². The Morgan fingerprint density at radius 1 is 1.10 bits per heavy atom. The molecule has 1 aromatic heterocycles. The Bertz CT molecular complexity index is 861. The normalized spacial score (nSPS) is 10.7. The van der Waals surface area contributed by atoms with Crippen molar-refractivity contribution in [3.8, 4) is 0 Å². The Kier molecular flexibility index (Phi) is 3.31. The van der Waals surface area contributed by atoms with Gasteiger partial charge in [0.2, 0.25) is 5.91 Å². The van der Waals surface area contributed by atoms with Crippen molar-refractivity contribution in [2.45, 2.75) is 13.3 Å². The second kappa shape index (κ2) is 5.28. The molecule has 0 aliphatic rings. The lowest BCUT2D eigenvalue weighted by molar-refractivity contribution is -0.115. The number of para-hydroxylation sites is 1. The summed E-state index contributed by atoms with van der Waals surface area (Å²) in [6.45, 7) is 1.95. The Morgan fingerprint density at radius 2 is 1.86 bits per heavy atom. The molecule has 0 fully saturated rings. The SMILES string of the molecule is Cc1ccccc1NC(=O)Cc1ccc2[nH]c(=O)[nH]c2c1. The molecule has 0 aliphatic carbocycles. The van der Waals surface area contributed by atoms with E-state index in [-0.39, 0.29) is 18.0 Å². The van der Waals surface area contributed by atoms with Crippen LogP contribution in [0.5, 0.6) is 0 Å². The van der Waals surface area contributed by atoms with Crippen molar-refractivity contribution >= 4 is 22.6 Å². The van der Waals surface area contributed by atoms with Crippen LogP contribution in [-0.2, 0) is 11.2 Å². The average Bonchev–Trinajstić information content (AvgIpc) is 2.80. The lowest BCUT2D eigenvalue weighted by Gasteiger charge is -2.08. The fraction of sp³-hybridized carbons (Fsp3) is 0.125. The molecule has 3 rings (SSSR count). The summed E-state index contributed by atoms with van der Waals surface area (Å²) < 4.78 is 0. The predicted octanol–water partition coefficient (Wildman–Crippen LogP) is 2.35. The van der Waals surface area contributed by atoms with Gasteiger partial charge >= 0.3 is 5.69 Å². The molecular formula is C16H15N3O2. The Balaban J connectivity index is 1.77. The molecule has 5 nitrogen and oxygen atoms in total. The van der Waals surface area contributed by atoms with E-state index in [0.29, 0.717) is 5.52 Å². The lowest BCUT2D eigenvalue weighted by Crippen LogP contribution is -2.15. The van der Waals surface area contributed by atoms with Gasteiger partial charge in [0.25, 0.3) is 0 Å². The highest BCUT2D eigenvalue weighted by Crippen LogP contribution is 2.15. The van der Waals surface area contributed by atoms with Crippen LogP contribution in [0.1, 0.15) is 11.1 Å². The summed E-state index contributed by atoms with van der Waals surface area (Å²) in [5, 5.41) is 2.89. The molecule has 1 amide bonds. The van der Waals surface area contributed by atoms with Gasteiger partial charge in [0.1, 0.15) is 0 Å². The first kappa shape index (κ1) is 13.2. The number of aryl methyl sites for hydroxylation is 1. The second-order valence-electron chi connectivity index (χ2n) is 5.00. The first-order valence-corrected chi connectivity index (χ1v) is 6.68. The summed E-state index contributed by atoms with van der Waals surface area (Å²) in [4.78, 5) is 28.7. The number of imidazole rings is 1. The Hall–Kier alpha value is -2.82. The van der Waals surface area contributed by atoms with Crippen molar-refractivity contribution < 1.29 is 4.79 Å². The van der Waals surface area contributed by atoms with Crippen LogP contribution in [0.4, 0.5) is 5.69 Å². The van der Waals surface area contributed by atoms with Crippen LogP contribution in [-0.4, -0.2) is 15.9 Å². The zero-order valence-electron chi connectivity index (χ0n) is 11.6. The van der Waals surface area contributed by atoms with Gasteiger partial charge in [-0.15, -0.1) is 0 Å². The van der Waals surface area contributed by atoms with Crippen LogP contribution in [0, 0.1) is 6.92 Å². The molecule has 3 N–H and O–H groups in total. The molecule has 0 unspecified atom stereocenters. The number of hydrogen-bond acceptors (Lipinski definition) is 2. The van der Waals surface area contributed by atoms with E-state index in [1.807, 2.05) is 43.3 Å². The van der Waals surface area contributed by atoms with Crippen molar-refractivity contribution in [1.29, 1.82) is 0 Å². The number of anilines is 1. The number of aromatic nitrogens is 2. The molecule has 21 heavy (non-hydrogen) atoms. The molecule has 0 spiro atoms. The highest BCUT2D eigenvalue weighted by Gasteiger charge is 2.07. The monoisotopic (exact) mass is 281 g/mol. The van der Waals surface area contributed by atoms with Gasteiger partial charge in [-0.2, -0.15) is 0 Å². The third kappa shape index (κ3) is 2.86. The first-order chi connectivity index (χ1) is 10.1. The summed E-state index contributed by atoms with van der Waals surface area (Å²) in [6.07, 6.45) is 0.261.